The lowest BCUT2D eigenvalue weighted by atomic mass is 9.98. The molecule has 1 fully saturated rings. The quantitative estimate of drug-likeness (QED) is 0.0228. The summed E-state index contributed by atoms with van der Waals surface area (Å²) >= 11 is 0. The summed E-state index contributed by atoms with van der Waals surface area (Å²) in [5.41, 5.74) is 0. The fourth-order valence-electron chi connectivity index (χ4n) is 8.28. The first kappa shape index (κ1) is 70.4. The third-order valence-corrected chi connectivity index (χ3v) is 12.8. The maximum atomic E-state index is 13.1. The Morgan fingerprint density at radius 1 is 0.442 bits per heavy atom. The summed E-state index contributed by atoms with van der Waals surface area (Å²) < 4.78 is 28.3. The van der Waals surface area contributed by atoms with Gasteiger partial charge in [0.15, 0.2) is 24.6 Å². The van der Waals surface area contributed by atoms with Crippen molar-refractivity contribution in [2.45, 2.75) is 263 Å². The first-order valence-corrected chi connectivity index (χ1v) is 29.9. The zero-order chi connectivity index (χ0) is 56.1. The van der Waals surface area contributed by atoms with Crippen molar-refractivity contribution in [3.05, 3.63) is 109 Å². The van der Waals surface area contributed by atoms with Crippen molar-refractivity contribution in [2.24, 2.45) is 0 Å². The van der Waals surface area contributed by atoms with Gasteiger partial charge >= 0.3 is 23.9 Å². The van der Waals surface area contributed by atoms with Gasteiger partial charge in [-0.25, -0.2) is 4.79 Å². The van der Waals surface area contributed by atoms with Gasteiger partial charge in [-0.1, -0.05) is 220 Å². The molecule has 6 unspecified atom stereocenters. The number of aliphatic hydroxyl groups is 2. The van der Waals surface area contributed by atoms with Crippen LogP contribution in [0.5, 0.6) is 0 Å². The van der Waals surface area contributed by atoms with Gasteiger partial charge in [-0.05, 0) is 96.3 Å². The average molecular weight is 1080 g/mol. The van der Waals surface area contributed by atoms with Gasteiger partial charge in [0, 0.05) is 19.3 Å². The Kier molecular flexibility index (Phi) is 47.6. The van der Waals surface area contributed by atoms with Crippen LogP contribution in [0.3, 0.4) is 0 Å². The molecule has 1 aliphatic rings. The number of allylic oxidation sites excluding steroid dienone is 18. The molecule has 0 saturated carbocycles. The predicted octanol–water partition coefficient (Wildman–Crippen LogP) is 15.4. The van der Waals surface area contributed by atoms with Crippen molar-refractivity contribution in [1.82, 2.24) is 0 Å². The minimum atomic E-state index is -1.93. The molecule has 6 atom stereocenters. The molecule has 12 heteroatoms. The van der Waals surface area contributed by atoms with E-state index >= 15 is 0 Å². The number of carboxylic acid groups (broad SMARTS) is 1. The van der Waals surface area contributed by atoms with Gasteiger partial charge in [0.1, 0.15) is 18.8 Å². The molecular formula is C65H104O12. The smallest absolute Gasteiger partial charge is 0.335 e. The van der Waals surface area contributed by atoms with Crippen LogP contribution in [0.4, 0.5) is 0 Å². The lowest BCUT2D eigenvalue weighted by molar-refractivity contribution is -0.301. The fraction of sp³-hybridized carbons (Fsp3) is 0.662. The normalized spacial score (nSPS) is 18.8. The molecule has 436 valence electrons. The lowest BCUT2D eigenvalue weighted by Crippen LogP contribution is -2.61. The van der Waals surface area contributed by atoms with Gasteiger partial charge in [0.05, 0.1) is 6.61 Å². The van der Waals surface area contributed by atoms with Crippen LogP contribution in [0.2, 0.25) is 0 Å². The summed E-state index contributed by atoms with van der Waals surface area (Å²) in [5, 5.41) is 31.4. The molecule has 1 aliphatic heterocycles. The summed E-state index contributed by atoms with van der Waals surface area (Å²) in [6.45, 7) is 5.77. The van der Waals surface area contributed by atoms with E-state index in [2.05, 4.69) is 112 Å². The molecule has 1 rings (SSSR count). The highest BCUT2D eigenvalue weighted by atomic mass is 16.7. The molecule has 12 nitrogen and oxygen atoms in total. The van der Waals surface area contributed by atoms with E-state index in [0.29, 0.717) is 25.7 Å². The number of rotatable bonds is 49. The van der Waals surface area contributed by atoms with Crippen molar-refractivity contribution in [1.29, 1.82) is 0 Å². The van der Waals surface area contributed by atoms with E-state index < -0.39 is 67.3 Å². The van der Waals surface area contributed by atoms with Crippen molar-refractivity contribution in [3.8, 4) is 0 Å². The summed E-state index contributed by atoms with van der Waals surface area (Å²) in [6, 6.07) is 0. The second-order valence-electron chi connectivity index (χ2n) is 19.9. The molecule has 1 heterocycles. The van der Waals surface area contributed by atoms with Crippen LogP contribution in [-0.2, 0) is 42.9 Å². The zero-order valence-electron chi connectivity index (χ0n) is 47.9. The van der Waals surface area contributed by atoms with E-state index in [0.717, 1.165) is 103 Å². The van der Waals surface area contributed by atoms with E-state index in [1.807, 2.05) is 18.2 Å². The van der Waals surface area contributed by atoms with E-state index in [4.69, 9.17) is 23.7 Å². The van der Waals surface area contributed by atoms with Gasteiger partial charge in [0.2, 0.25) is 0 Å². The molecule has 77 heavy (non-hydrogen) atoms. The molecule has 0 aromatic heterocycles. The molecule has 0 radical (unpaired) electrons. The number of unbranched alkanes of at least 4 members (excludes halogenated alkanes) is 17. The van der Waals surface area contributed by atoms with E-state index in [1.165, 1.54) is 57.8 Å². The highest BCUT2D eigenvalue weighted by Gasteiger charge is 2.50. The number of aliphatic carboxylic acids is 1. The molecule has 3 N–H and O–H groups in total. The third-order valence-electron chi connectivity index (χ3n) is 12.8. The lowest BCUT2D eigenvalue weighted by Gasteiger charge is -2.40. The van der Waals surface area contributed by atoms with Crippen molar-refractivity contribution in [2.75, 3.05) is 13.2 Å². The van der Waals surface area contributed by atoms with Crippen molar-refractivity contribution < 1.29 is 58.2 Å². The molecule has 0 aromatic carbocycles. The van der Waals surface area contributed by atoms with Gasteiger partial charge in [-0.15, -0.1) is 0 Å². The van der Waals surface area contributed by atoms with Crippen molar-refractivity contribution in [3.63, 3.8) is 0 Å². The topological polar surface area (TPSA) is 175 Å². The Labute approximate surface area is 465 Å². The monoisotopic (exact) mass is 1080 g/mol. The zero-order valence-corrected chi connectivity index (χ0v) is 47.9. The van der Waals surface area contributed by atoms with E-state index in [-0.39, 0.29) is 25.9 Å². The number of hydrogen-bond donors (Lipinski definition) is 3. The van der Waals surface area contributed by atoms with Crippen LogP contribution in [-0.4, -0.2) is 89.2 Å². The van der Waals surface area contributed by atoms with Gasteiger partial charge in [-0.2, -0.15) is 0 Å². The highest BCUT2D eigenvalue weighted by Crippen LogP contribution is 2.26. The van der Waals surface area contributed by atoms with Crippen LogP contribution in [0.25, 0.3) is 0 Å². The molecule has 0 aliphatic carbocycles. The number of hydrogen-bond acceptors (Lipinski definition) is 11. The molecule has 0 aromatic rings. The summed E-state index contributed by atoms with van der Waals surface area (Å²) in [4.78, 5) is 51.0. The maximum absolute atomic E-state index is 13.1. The SMILES string of the molecule is CC/C=C\C/C=C\C/C=C\C/C=C\C/C=C\C/C=C\CCC(=O)OC1C(OCC(COC(=O)CCCCCCCC/C=C\C/C=C\C/C=C\CCCCC)OC(=O)CCCCCCCCCCC)OC(C(=O)O)C(O)C1O. The van der Waals surface area contributed by atoms with Crippen LogP contribution in [0, 0.1) is 0 Å². The Balaban J connectivity index is 2.69. The second-order valence-corrected chi connectivity index (χ2v) is 19.9. The highest BCUT2D eigenvalue weighted by molar-refractivity contribution is 5.74. The molecule has 0 spiro atoms. The number of aliphatic hydroxyl groups excluding tert-OH is 2. The number of carbonyl (C=O) groups excluding carboxylic acids is 3. The Morgan fingerprint density at radius 3 is 1.32 bits per heavy atom. The summed E-state index contributed by atoms with van der Waals surface area (Å²) in [5.74, 6) is -3.26. The standard InChI is InChI=1S/C65H104O12/c1-4-7-10-13-16-19-21-23-25-27-29-31-33-35-37-40-42-45-48-51-57(66)73-54-56(75-58(67)52-49-46-43-39-18-15-12-9-6-3)55-74-65-63(61(70)60(69)62(77-65)64(71)72)76-59(68)53-50-47-44-41-38-36-34-32-30-28-26-24-22-20-17-14-11-8-5-2/h8,11,16-17,19-20,23-26,29-32,36,38,44,47,56,60-63,65,69-70H,4-7,9-10,12-15,18,21-22,27-28,33-35,37,39-43,45-46,48-55H2,1-3H3,(H,71,72)/b11-8-,19-16-,20-17-,25-23-,26-24-,31-29-,32-30-,38-36-,47-44-. The predicted molar refractivity (Wildman–Crippen MR) is 312 cm³/mol. The van der Waals surface area contributed by atoms with Gasteiger partial charge < -0.3 is 39.0 Å². The van der Waals surface area contributed by atoms with Crippen LogP contribution in [0.1, 0.15) is 226 Å². The third kappa shape index (κ3) is 42.1. The first-order chi connectivity index (χ1) is 37.6. The van der Waals surface area contributed by atoms with Crippen LogP contribution >= 0.6 is 0 Å². The summed E-state index contributed by atoms with van der Waals surface area (Å²) in [6.07, 6.45) is 57.9. The number of carboxylic acids is 1. The number of carbonyl (C=O) groups is 4. The summed E-state index contributed by atoms with van der Waals surface area (Å²) in [7, 11) is 0. The Bertz CT molecular complexity index is 1750. The van der Waals surface area contributed by atoms with E-state index in [9.17, 15) is 34.5 Å². The van der Waals surface area contributed by atoms with Crippen LogP contribution < -0.4 is 0 Å². The Morgan fingerprint density at radius 2 is 0.844 bits per heavy atom. The fourth-order valence-corrected chi connectivity index (χ4v) is 8.28. The minimum absolute atomic E-state index is 0.0700. The van der Waals surface area contributed by atoms with E-state index in [1.54, 1.807) is 0 Å². The first-order valence-electron chi connectivity index (χ1n) is 29.9. The van der Waals surface area contributed by atoms with Crippen LogP contribution in [0.15, 0.2) is 109 Å². The molecule has 1 saturated heterocycles. The molecule has 0 amide bonds. The van der Waals surface area contributed by atoms with Crippen molar-refractivity contribution >= 4 is 23.9 Å². The van der Waals surface area contributed by atoms with Gasteiger partial charge in [0.25, 0.3) is 0 Å². The average Bonchev–Trinajstić information content (AvgIpc) is 3.42. The minimum Gasteiger partial charge on any atom is -0.479 e. The maximum Gasteiger partial charge on any atom is 0.335 e. The van der Waals surface area contributed by atoms with Gasteiger partial charge in [-0.3, -0.25) is 14.4 Å². The number of esters is 3. The largest absolute Gasteiger partial charge is 0.479 e. The Hall–Kier alpha value is -4.62. The molecular weight excluding hydrogens is 973 g/mol. The second kappa shape index (κ2) is 52.1. The molecule has 0 bridgehead atoms. The number of ether oxygens (including phenoxy) is 5.